The van der Waals surface area contributed by atoms with Crippen molar-refractivity contribution < 1.29 is 4.42 Å². The fourth-order valence-electron chi connectivity index (χ4n) is 11.7. The standard InChI is InChI=1S/C60H42O/c1-59(2)48-26-13-11-23-45(48)55-57(59)56-53(54-47-24-12-14-27-50(47)61-58(54)55)46-33-32-38(34-49(46)60(56,3)4)52-43-21-9-7-19-41(43)51(42-20-8-10-22-44(42)52)37-30-28-36(29-31-37)40-25-15-17-35-16-5-6-18-39(35)40/h5-34H,1-4H3. The zero-order valence-electron chi connectivity index (χ0n) is 34.7. The molecule has 1 aromatic heterocycles. The van der Waals surface area contributed by atoms with E-state index >= 15 is 0 Å². The van der Waals surface area contributed by atoms with Gasteiger partial charge in [0.25, 0.3) is 0 Å². The maximum atomic E-state index is 6.94. The molecule has 2 aliphatic rings. The Kier molecular flexibility index (Phi) is 6.91. The minimum absolute atomic E-state index is 0.194. The second-order valence-electron chi connectivity index (χ2n) is 18.3. The van der Waals surface area contributed by atoms with Crippen LogP contribution in [0.1, 0.15) is 49.9 Å². The lowest BCUT2D eigenvalue weighted by Gasteiger charge is -2.31. The molecule has 11 aromatic rings. The smallest absolute Gasteiger partial charge is 0.144 e. The van der Waals surface area contributed by atoms with Crippen molar-refractivity contribution in [2.24, 2.45) is 0 Å². The Morgan fingerprint density at radius 2 is 0.836 bits per heavy atom. The Balaban J connectivity index is 1.03. The summed E-state index contributed by atoms with van der Waals surface area (Å²) in [5, 5.41) is 10.0. The van der Waals surface area contributed by atoms with Gasteiger partial charge in [-0.25, -0.2) is 0 Å². The van der Waals surface area contributed by atoms with Crippen LogP contribution in [-0.4, -0.2) is 0 Å². The molecule has 0 saturated carbocycles. The van der Waals surface area contributed by atoms with Crippen LogP contribution >= 0.6 is 0 Å². The molecular weight excluding hydrogens is 737 g/mol. The average Bonchev–Trinajstić information content (AvgIpc) is 3.87. The fourth-order valence-corrected chi connectivity index (χ4v) is 11.7. The summed E-state index contributed by atoms with van der Waals surface area (Å²) in [4.78, 5) is 0. The van der Waals surface area contributed by atoms with Crippen LogP contribution in [0.4, 0.5) is 0 Å². The van der Waals surface area contributed by atoms with Crippen molar-refractivity contribution in [3.8, 4) is 55.6 Å². The van der Waals surface area contributed by atoms with E-state index in [9.17, 15) is 0 Å². The zero-order chi connectivity index (χ0) is 40.8. The second kappa shape index (κ2) is 12.2. The summed E-state index contributed by atoms with van der Waals surface area (Å²) in [5.41, 5.74) is 19.8. The molecule has 288 valence electrons. The van der Waals surface area contributed by atoms with Gasteiger partial charge in [-0.05, 0) is 117 Å². The Morgan fingerprint density at radius 1 is 0.344 bits per heavy atom. The summed E-state index contributed by atoms with van der Waals surface area (Å²) in [6, 6.07) is 67.5. The van der Waals surface area contributed by atoms with E-state index in [2.05, 4.69) is 210 Å². The van der Waals surface area contributed by atoms with Gasteiger partial charge >= 0.3 is 0 Å². The van der Waals surface area contributed by atoms with E-state index < -0.39 is 0 Å². The van der Waals surface area contributed by atoms with E-state index in [0.717, 1.165) is 11.2 Å². The third kappa shape index (κ3) is 4.56. The molecular formula is C60H42O. The van der Waals surface area contributed by atoms with Gasteiger partial charge in [0.15, 0.2) is 0 Å². The van der Waals surface area contributed by atoms with Crippen LogP contribution in [0.15, 0.2) is 186 Å². The molecule has 1 heteroatoms. The molecule has 0 N–H and O–H groups in total. The highest BCUT2D eigenvalue weighted by Gasteiger charge is 2.48. The van der Waals surface area contributed by atoms with Gasteiger partial charge < -0.3 is 4.42 Å². The van der Waals surface area contributed by atoms with Crippen molar-refractivity contribution in [3.63, 3.8) is 0 Å². The first-order chi connectivity index (χ1) is 29.8. The number of rotatable bonds is 3. The van der Waals surface area contributed by atoms with Gasteiger partial charge in [0, 0.05) is 27.2 Å². The predicted molar refractivity (Wildman–Crippen MR) is 258 cm³/mol. The third-order valence-electron chi connectivity index (χ3n) is 14.4. The lowest BCUT2D eigenvalue weighted by atomic mass is 9.72. The van der Waals surface area contributed by atoms with Gasteiger partial charge in [-0.1, -0.05) is 198 Å². The van der Waals surface area contributed by atoms with Gasteiger partial charge in [0.1, 0.15) is 11.2 Å². The average molecular weight is 779 g/mol. The van der Waals surface area contributed by atoms with Crippen molar-refractivity contribution >= 4 is 54.3 Å². The zero-order valence-corrected chi connectivity index (χ0v) is 34.7. The largest absolute Gasteiger partial charge is 0.455 e. The van der Waals surface area contributed by atoms with E-state index in [4.69, 9.17) is 4.42 Å². The maximum Gasteiger partial charge on any atom is 0.144 e. The number of hydrogen-bond acceptors (Lipinski definition) is 1. The molecule has 2 aliphatic carbocycles. The SMILES string of the molecule is CC1(C)c2ccccc2-c2c1c1c(c3c2oc2ccccc23)-c2ccc(-c3c4ccccc4c(-c4ccc(-c5cccc6ccccc56)cc4)c4ccccc34)cc2C1(C)C. The number of hydrogen-bond donors (Lipinski definition) is 0. The monoisotopic (exact) mass is 778 g/mol. The Bertz CT molecular complexity index is 3620. The molecule has 0 saturated heterocycles. The summed E-state index contributed by atoms with van der Waals surface area (Å²) in [6.07, 6.45) is 0. The van der Waals surface area contributed by atoms with E-state index in [1.807, 2.05) is 0 Å². The maximum absolute atomic E-state index is 6.94. The summed E-state index contributed by atoms with van der Waals surface area (Å²) >= 11 is 0. The lowest BCUT2D eigenvalue weighted by Crippen LogP contribution is -2.24. The normalized spacial score (nSPS) is 14.5. The van der Waals surface area contributed by atoms with Crippen LogP contribution in [0, 0.1) is 0 Å². The molecule has 0 amide bonds. The predicted octanol–water partition coefficient (Wildman–Crippen LogP) is 16.7. The van der Waals surface area contributed by atoms with E-state index in [1.54, 1.807) is 0 Å². The van der Waals surface area contributed by atoms with E-state index in [1.165, 1.54) is 121 Å². The van der Waals surface area contributed by atoms with E-state index in [-0.39, 0.29) is 10.8 Å². The topological polar surface area (TPSA) is 13.1 Å². The minimum Gasteiger partial charge on any atom is -0.455 e. The van der Waals surface area contributed by atoms with Gasteiger partial charge in [0.2, 0.25) is 0 Å². The molecule has 0 unspecified atom stereocenters. The van der Waals surface area contributed by atoms with Gasteiger partial charge in [0.05, 0.1) is 0 Å². The highest BCUT2D eigenvalue weighted by molar-refractivity contribution is 6.23. The highest BCUT2D eigenvalue weighted by Crippen LogP contribution is 2.63. The summed E-state index contributed by atoms with van der Waals surface area (Å²) in [6.45, 7) is 9.73. The molecule has 1 nitrogen and oxygen atoms in total. The molecule has 0 bridgehead atoms. The molecule has 0 fully saturated rings. The van der Waals surface area contributed by atoms with E-state index in [0.29, 0.717) is 0 Å². The van der Waals surface area contributed by atoms with Crippen molar-refractivity contribution in [3.05, 3.63) is 204 Å². The summed E-state index contributed by atoms with van der Waals surface area (Å²) < 4.78 is 6.94. The Hall–Kier alpha value is -7.22. The van der Waals surface area contributed by atoms with Gasteiger partial charge in [-0.15, -0.1) is 0 Å². The number of para-hydroxylation sites is 1. The molecule has 0 spiro atoms. The number of fused-ring (bicyclic) bond motifs is 15. The Labute approximate surface area is 355 Å². The van der Waals surface area contributed by atoms with Crippen molar-refractivity contribution in [1.82, 2.24) is 0 Å². The van der Waals surface area contributed by atoms with Crippen LogP contribution in [-0.2, 0) is 10.8 Å². The molecule has 0 atom stereocenters. The van der Waals surface area contributed by atoms with Crippen molar-refractivity contribution in [2.45, 2.75) is 38.5 Å². The quantitative estimate of drug-likeness (QED) is 0.163. The van der Waals surface area contributed by atoms with Crippen molar-refractivity contribution in [2.75, 3.05) is 0 Å². The van der Waals surface area contributed by atoms with Gasteiger partial charge in [-0.3, -0.25) is 0 Å². The molecule has 10 aromatic carbocycles. The Morgan fingerprint density at radius 3 is 1.56 bits per heavy atom. The highest BCUT2D eigenvalue weighted by atomic mass is 16.3. The molecule has 61 heavy (non-hydrogen) atoms. The lowest BCUT2D eigenvalue weighted by molar-refractivity contribution is 0.600. The fraction of sp³-hybridized carbons (Fsp3) is 0.100. The van der Waals surface area contributed by atoms with Crippen LogP contribution in [0.2, 0.25) is 0 Å². The van der Waals surface area contributed by atoms with Crippen LogP contribution in [0.25, 0.3) is 110 Å². The third-order valence-corrected chi connectivity index (χ3v) is 14.4. The molecule has 0 aliphatic heterocycles. The summed E-state index contributed by atoms with van der Waals surface area (Å²) in [5.74, 6) is 0. The second-order valence-corrected chi connectivity index (χ2v) is 18.3. The number of benzene rings is 10. The minimum atomic E-state index is -0.270. The first-order valence-electron chi connectivity index (χ1n) is 21.6. The first-order valence-corrected chi connectivity index (χ1v) is 21.6. The van der Waals surface area contributed by atoms with Crippen LogP contribution in [0.5, 0.6) is 0 Å². The first kappa shape index (κ1) is 34.6. The van der Waals surface area contributed by atoms with Crippen molar-refractivity contribution in [1.29, 1.82) is 0 Å². The van der Waals surface area contributed by atoms with Crippen LogP contribution in [0.3, 0.4) is 0 Å². The molecule has 13 rings (SSSR count). The molecule has 0 radical (unpaired) electrons. The van der Waals surface area contributed by atoms with Crippen LogP contribution < -0.4 is 0 Å². The molecule has 1 heterocycles. The van der Waals surface area contributed by atoms with Gasteiger partial charge in [-0.2, -0.15) is 0 Å². The summed E-state index contributed by atoms with van der Waals surface area (Å²) in [7, 11) is 0. The number of furan rings is 1.